The molecule has 0 radical (unpaired) electrons. The van der Waals surface area contributed by atoms with Crippen molar-refractivity contribution in [3.05, 3.63) is 24.6 Å². The van der Waals surface area contributed by atoms with Crippen LogP contribution in [0.2, 0.25) is 0 Å². The zero-order valence-corrected chi connectivity index (χ0v) is 8.60. The Bertz CT molecular complexity index is 201. The van der Waals surface area contributed by atoms with Crippen molar-refractivity contribution in [2.24, 2.45) is 10.7 Å². The van der Waals surface area contributed by atoms with Crippen molar-refractivity contribution in [1.82, 2.24) is 10.8 Å². The molecule has 0 heterocycles. The van der Waals surface area contributed by atoms with Crippen LogP contribution >= 0.6 is 0 Å². The van der Waals surface area contributed by atoms with E-state index in [4.69, 9.17) is 10.6 Å². The minimum Gasteiger partial charge on any atom is -0.417 e. The van der Waals surface area contributed by atoms with Crippen LogP contribution in [0.3, 0.4) is 0 Å². The molecule has 0 aromatic rings. The van der Waals surface area contributed by atoms with Gasteiger partial charge in [-0.1, -0.05) is 0 Å². The lowest BCUT2D eigenvalue weighted by atomic mass is 10.3. The summed E-state index contributed by atoms with van der Waals surface area (Å²) in [6, 6.07) is -0.105. The van der Waals surface area contributed by atoms with Gasteiger partial charge in [0.1, 0.15) is 6.26 Å². The zero-order valence-electron chi connectivity index (χ0n) is 8.60. The highest BCUT2D eigenvalue weighted by atomic mass is 16.6. The van der Waals surface area contributed by atoms with Crippen LogP contribution < -0.4 is 16.5 Å². The molecule has 0 aliphatic heterocycles. The first-order valence-corrected chi connectivity index (χ1v) is 4.47. The minimum absolute atomic E-state index is 0.105. The molecule has 0 aliphatic rings. The third-order valence-corrected chi connectivity index (χ3v) is 1.29. The van der Waals surface area contributed by atoms with E-state index in [1.165, 1.54) is 6.34 Å². The Morgan fingerprint density at radius 1 is 1.50 bits per heavy atom. The first-order chi connectivity index (χ1) is 6.85. The molecule has 80 valence electrons. The summed E-state index contributed by atoms with van der Waals surface area (Å²) in [6.07, 6.45) is 8.23. The summed E-state index contributed by atoms with van der Waals surface area (Å²) in [5.74, 6) is 0. The molecule has 0 saturated heterocycles. The lowest BCUT2D eigenvalue weighted by Gasteiger charge is -2.01. The fourth-order valence-electron chi connectivity index (χ4n) is 0.709. The summed E-state index contributed by atoms with van der Waals surface area (Å²) in [6.45, 7) is 2.70. The molecular weight excluding hydrogens is 180 g/mol. The van der Waals surface area contributed by atoms with E-state index in [1.54, 1.807) is 18.5 Å². The SMILES string of the molecule is CCNO/C=C/C(/C=C/NC)N=CN. The molecule has 0 aromatic carbocycles. The summed E-state index contributed by atoms with van der Waals surface area (Å²) in [5.41, 5.74) is 7.89. The van der Waals surface area contributed by atoms with Crippen molar-refractivity contribution in [3.63, 3.8) is 0 Å². The Morgan fingerprint density at radius 3 is 2.86 bits per heavy atom. The van der Waals surface area contributed by atoms with Crippen LogP contribution in [0.5, 0.6) is 0 Å². The molecule has 1 atom stereocenters. The van der Waals surface area contributed by atoms with Crippen molar-refractivity contribution >= 4 is 6.34 Å². The molecule has 4 N–H and O–H groups in total. The molecule has 0 bridgehead atoms. The predicted octanol–water partition coefficient (Wildman–Crippen LogP) is 0.130. The first-order valence-electron chi connectivity index (χ1n) is 4.47. The van der Waals surface area contributed by atoms with Gasteiger partial charge in [-0.15, -0.1) is 0 Å². The molecule has 0 fully saturated rings. The summed E-state index contributed by atoms with van der Waals surface area (Å²) in [5, 5.41) is 2.87. The lowest BCUT2D eigenvalue weighted by molar-refractivity contribution is 0.139. The van der Waals surface area contributed by atoms with Crippen LogP contribution in [0, 0.1) is 0 Å². The maximum absolute atomic E-state index is 5.20. The lowest BCUT2D eigenvalue weighted by Crippen LogP contribution is -2.09. The van der Waals surface area contributed by atoms with Crippen LogP contribution in [0.1, 0.15) is 6.92 Å². The van der Waals surface area contributed by atoms with Crippen molar-refractivity contribution in [3.8, 4) is 0 Å². The van der Waals surface area contributed by atoms with Gasteiger partial charge in [-0.3, -0.25) is 4.99 Å². The quantitative estimate of drug-likeness (QED) is 0.179. The van der Waals surface area contributed by atoms with Crippen molar-refractivity contribution < 1.29 is 4.84 Å². The van der Waals surface area contributed by atoms with Crippen LogP contribution in [-0.2, 0) is 4.84 Å². The first kappa shape index (κ1) is 12.5. The molecule has 1 unspecified atom stereocenters. The van der Waals surface area contributed by atoms with Gasteiger partial charge in [-0.2, -0.15) is 5.48 Å². The molecule has 0 aromatic heterocycles. The average Bonchev–Trinajstić information content (AvgIpc) is 2.20. The smallest absolute Gasteiger partial charge is 0.109 e. The second kappa shape index (κ2) is 9.60. The van der Waals surface area contributed by atoms with Crippen molar-refractivity contribution in [1.29, 1.82) is 0 Å². The number of hydrogen-bond donors (Lipinski definition) is 3. The maximum atomic E-state index is 5.20. The fraction of sp³-hybridized carbons (Fsp3) is 0.444. The normalized spacial score (nSPS) is 14.1. The molecule has 0 spiro atoms. The van der Waals surface area contributed by atoms with Gasteiger partial charge in [0, 0.05) is 13.6 Å². The number of hydroxylamine groups is 1. The summed E-state index contributed by atoms with van der Waals surface area (Å²) >= 11 is 0. The highest BCUT2D eigenvalue weighted by Gasteiger charge is 1.93. The number of hydrogen-bond acceptors (Lipinski definition) is 4. The van der Waals surface area contributed by atoms with Gasteiger partial charge in [-0.05, 0) is 25.3 Å². The average molecular weight is 198 g/mol. The number of nitrogens with two attached hydrogens (primary N) is 1. The van der Waals surface area contributed by atoms with E-state index in [9.17, 15) is 0 Å². The highest BCUT2D eigenvalue weighted by Crippen LogP contribution is 1.94. The van der Waals surface area contributed by atoms with Crippen LogP contribution in [0.4, 0.5) is 0 Å². The summed E-state index contributed by atoms with van der Waals surface area (Å²) < 4.78 is 0. The second-order valence-corrected chi connectivity index (χ2v) is 2.38. The monoisotopic (exact) mass is 198 g/mol. The molecule has 0 rings (SSSR count). The van der Waals surface area contributed by atoms with Gasteiger partial charge in [0.05, 0.1) is 12.4 Å². The third kappa shape index (κ3) is 7.17. The molecule has 0 saturated carbocycles. The molecule has 0 amide bonds. The summed E-state index contributed by atoms with van der Waals surface area (Å²) in [7, 11) is 1.82. The van der Waals surface area contributed by atoms with Crippen LogP contribution in [0.15, 0.2) is 29.6 Å². The van der Waals surface area contributed by atoms with Crippen LogP contribution in [0.25, 0.3) is 0 Å². The largest absolute Gasteiger partial charge is 0.417 e. The van der Waals surface area contributed by atoms with E-state index < -0.39 is 0 Å². The zero-order chi connectivity index (χ0) is 10.6. The van der Waals surface area contributed by atoms with E-state index in [1.807, 2.05) is 20.0 Å². The predicted molar refractivity (Wildman–Crippen MR) is 58.6 cm³/mol. The number of aliphatic imine (C=N–C) groups is 1. The topological polar surface area (TPSA) is 71.7 Å². The van der Waals surface area contributed by atoms with Crippen LogP contribution in [-0.4, -0.2) is 26.0 Å². The second-order valence-electron chi connectivity index (χ2n) is 2.38. The number of rotatable bonds is 7. The Hall–Kier alpha value is -1.49. The van der Waals surface area contributed by atoms with E-state index in [-0.39, 0.29) is 6.04 Å². The van der Waals surface area contributed by atoms with E-state index in [2.05, 4.69) is 15.8 Å². The van der Waals surface area contributed by atoms with Gasteiger partial charge in [0.25, 0.3) is 0 Å². The summed E-state index contributed by atoms with van der Waals surface area (Å²) in [4.78, 5) is 8.93. The maximum Gasteiger partial charge on any atom is 0.109 e. The fourth-order valence-corrected chi connectivity index (χ4v) is 0.709. The molecule has 14 heavy (non-hydrogen) atoms. The Balaban J connectivity index is 3.95. The highest BCUT2D eigenvalue weighted by molar-refractivity contribution is 5.52. The number of nitrogens with zero attached hydrogens (tertiary/aromatic N) is 1. The molecule has 5 heteroatoms. The standard InChI is InChI=1S/C9H18N4O/c1-3-13-14-7-5-9(12-8-10)4-6-11-2/h4-9,11,13H,3H2,1-2H3,(H2,10,12)/b6-4+,7-5+. The Labute approximate surface area is 84.7 Å². The van der Waals surface area contributed by atoms with Gasteiger partial charge >= 0.3 is 0 Å². The van der Waals surface area contributed by atoms with E-state index >= 15 is 0 Å². The molecule has 0 aliphatic carbocycles. The third-order valence-electron chi connectivity index (χ3n) is 1.29. The van der Waals surface area contributed by atoms with Gasteiger partial charge in [0.15, 0.2) is 0 Å². The van der Waals surface area contributed by atoms with Gasteiger partial charge in [-0.25, -0.2) is 0 Å². The minimum atomic E-state index is -0.105. The van der Waals surface area contributed by atoms with E-state index in [0.29, 0.717) is 0 Å². The van der Waals surface area contributed by atoms with Gasteiger partial charge < -0.3 is 15.9 Å². The number of nitrogens with one attached hydrogen (secondary N) is 2. The Morgan fingerprint density at radius 2 is 2.29 bits per heavy atom. The van der Waals surface area contributed by atoms with Crippen molar-refractivity contribution in [2.45, 2.75) is 13.0 Å². The molecule has 5 nitrogen and oxygen atoms in total. The van der Waals surface area contributed by atoms with E-state index in [0.717, 1.165) is 6.54 Å². The Kier molecular flexibility index (Phi) is 8.58. The molecular formula is C9H18N4O. The van der Waals surface area contributed by atoms with Crippen molar-refractivity contribution in [2.75, 3.05) is 13.6 Å². The van der Waals surface area contributed by atoms with Gasteiger partial charge in [0.2, 0.25) is 0 Å².